The van der Waals surface area contributed by atoms with Crippen LogP contribution in [0.3, 0.4) is 0 Å². The lowest BCUT2D eigenvalue weighted by atomic mass is 9.90. The first-order valence-electron chi connectivity index (χ1n) is 5.98. The molecule has 2 rings (SSSR count). The van der Waals surface area contributed by atoms with Gasteiger partial charge in [-0.3, -0.25) is 0 Å². The van der Waals surface area contributed by atoms with Crippen LogP contribution in [0.2, 0.25) is 0 Å². The van der Waals surface area contributed by atoms with Crippen molar-refractivity contribution >= 4 is 0 Å². The van der Waals surface area contributed by atoms with Crippen LogP contribution in [0.5, 0.6) is 5.88 Å². The standard InChI is InChI=1S/C11H9F6N5O/c1-9(10(12,13)14,11(15,16)17)3-23-8-2-7(19-5-20-8)22-6-18-4-21-22/h2,4-6H,3H2,1H3. The minimum atomic E-state index is -5.53. The van der Waals surface area contributed by atoms with E-state index in [2.05, 4.69) is 24.8 Å². The Morgan fingerprint density at radius 1 is 1.04 bits per heavy atom. The maximum absolute atomic E-state index is 12.8. The van der Waals surface area contributed by atoms with E-state index in [4.69, 9.17) is 0 Å². The second-order valence-electron chi connectivity index (χ2n) is 4.67. The summed E-state index contributed by atoms with van der Waals surface area (Å²) in [4.78, 5) is 10.9. The van der Waals surface area contributed by atoms with Gasteiger partial charge >= 0.3 is 12.4 Å². The number of halogens is 6. The van der Waals surface area contributed by atoms with Crippen LogP contribution in [0.15, 0.2) is 25.0 Å². The van der Waals surface area contributed by atoms with Crippen LogP contribution in [0, 0.1) is 5.41 Å². The first-order valence-corrected chi connectivity index (χ1v) is 5.98. The molecule has 0 saturated heterocycles. The van der Waals surface area contributed by atoms with Crippen LogP contribution in [0.25, 0.3) is 5.82 Å². The van der Waals surface area contributed by atoms with Gasteiger partial charge in [0, 0.05) is 6.07 Å². The lowest BCUT2D eigenvalue weighted by molar-refractivity contribution is -0.340. The number of rotatable bonds is 4. The molecule has 0 aliphatic carbocycles. The highest BCUT2D eigenvalue weighted by atomic mass is 19.4. The van der Waals surface area contributed by atoms with Gasteiger partial charge in [0.2, 0.25) is 5.88 Å². The Kier molecular flexibility index (Phi) is 4.18. The van der Waals surface area contributed by atoms with E-state index >= 15 is 0 Å². The molecule has 2 heterocycles. The van der Waals surface area contributed by atoms with Crippen molar-refractivity contribution in [3.63, 3.8) is 0 Å². The van der Waals surface area contributed by atoms with Crippen LogP contribution >= 0.6 is 0 Å². The third-order valence-corrected chi connectivity index (χ3v) is 3.04. The summed E-state index contributed by atoms with van der Waals surface area (Å²) in [7, 11) is 0. The van der Waals surface area contributed by atoms with Gasteiger partial charge in [-0.15, -0.1) is 0 Å². The van der Waals surface area contributed by atoms with E-state index in [1.165, 1.54) is 12.7 Å². The van der Waals surface area contributed by atoms with Crippen molar-refractivity contribution in [1.29, 1.82) is 0 Å². The molecule has 0 aliphatic rings. The molecular weight excluding hydrogens is 332 g/mol. The van der Waals surface area contributed by atoms with E-state index < -0.39 is 30.3 Å². The fourth-order valence-corrected chi connectivity index (χ4v) is 1.40. The van der Waals surface area contributed by atoms with E-state index in [0.717, 1.165) is 17.1 Å². The molecule has 0 aromatic carbocycles. The summed E-state index contributed by atoms with van der Waals surface area (Å²) in [6.07, 6.45) is -7.74. The fraction of sp³-hybridized carbons (Fsp3) is 0.455. The molecule has 2 aromatic heterocycles. The van der Waals surface area contributed by atoms with Crippen molar-refractivity contribution < 1.29 is 31.1 Å². The maximum atomic E-state index is 12.8. The van der Waals surface area contributed by atoms with Crippen LogP contribution < -0.4 is 4.74 Å². The van der Waals surface area contributed by atoms with Crippen molar-refractivity contribution in [3.05, 3.63) is 25.0 Å². The molecule has 126 valence electrons. The Hall–Kier alpha value is -2.40. The number of hydrogen-bond acceptors (Lipinski definition) is 5. The molecule has 12 heteroatoms. The smallest absolute Gasteiger partial charge is 0.406 e. The number of alkyl halides is 6. The van der Waals surface area contributed by atoms with Gasteiger partial charge in [0.1, 0.15) is 25.6 Å². The van der Waals surface area contributed by atoms with E-state index in [1.807, 2.05) is 0 Å². The molecule has 0 radical (unpaired) electrons. The number of hydrogen-bond donors (Lipinski definition) is 0. The van der Waals surface area contributed by atoms with Crippen LogP contribution in [0.1, 0.15) is 6.92 Å². The molecule has 23 heavy (non-hydrogen) atoms. The molecule has 6 nitrogen and oxygen atoms in total. The molecule has 0 amide bonds. The molecule has 0 fully saturated rings. The molecule has 0 aliphatic heterocycles. The lowest BCUT2D eigenvalue weighted by Gasteiger charge is -2.33. The number of aromatic nitrogens is 5. The van der Waals surface area contributed by atoms with Crippen molar-refractivity contribution in [2.75, 3.05) is 6.61 Å². The summed E-state index contributed by atoms with van der Waals surface area (Å²) in [5, 5.41) is 3.71. The van der Waals surface area contributed by atoms with Gasteiger partial charge in [-0.05, 0) is 6.92 Å². The van der Waals surface area contributed by atoms with Crippen LogP contribution in [0.4, 0.5) is 26.3 Å². The molecular formula is C11H9F6N5O. The summed E-state index contributed by atoms with van der Waals surface area (Å²) < 4.78 is 82.3. The Morgan fingerprint density at radius 3 is 2.22 bits per heavy atom. The normalized spacial score (nSPS) is 13.2. The highest BCUT2D eigenvalue weighted by Gasteiger charge is 2.68. The first-order chi connectivity index (χ1) is 10.5. The van der Waals surface area contributed by atoms with Gasteiger partial charge < -0.3 is 4.74 Å². The monoisotopic (exact) mass is 341 g/mol. The summed E-state index contributed by atoms with van der Waals surface area (Å²) in [6, 6.07) is 1.04. The Bertz CT molecular complexity index is 640. The van der Waals surface area contributed by atoms with Crippen LogP contribution in [-0.2, 0) is 0 Å². The quantitative estimate of drug-likeness (QED) is 0.800. The average Bonchev–Trinajstić information content (AvgIpc) is 2.96. The number of nitrogens with zero attached hydrogens (tertiary/aromatic N) is 5. The molecule has 0 spiro atoms. The van der Waals surface area contributed by atoms with Crippen molar-refractivity contribution in [2.24, 2.45) is 5.41 Å². The van der Waals surface area contributed by atoms with Crippen LogP contribution in [-0.4, -0.2) is 43.7 Å². The molecule has 0 unspecified atom stereocenters. The van der Waals surface area contributed by atoms with Gasteiger partial charge in [0.15, 0.2) is 11.2 Å². The van der Waals surface area contributed by atoms with Crippen molar-refractivity contribution in [1.82, 2.24) is 24.7 Å². The molecule has 0 atom stereocenters. The average molecular weight is 341 g/mol. The lowest BCUT2D eigenvalue weighted by Crippen LogP contribution is -2.51. The first kappa shape index (κ1) is 17.0. The zero-order chi connectivity index (χ0) is 17.3. The summed E-state index contributed by atoms with van der Waals surface area (Å²) >= 11 is 0. The highest BCUT2D eigenvalue weighted by Crippen LogP contribution is 2.50. The third-order valence-electron chi connectivity index (χ3n) is 3.04. The van der Waals surface area contributed by atoms with E-state index in [9.17, 15) is 26.3 Å². The summed E-state index contributed by atoms with van der Waals surface area (Å²) in [6.45, 7) is -1.65. The topological polar surface area (TPSA) is 65.7 Å². The summed E-state index contributed by atoms with van der Waals surface area (Å²) in [5.74, 6) is -0.376. The zero-order valence-corrected chi connectivity index (χ0v) is 11.4. The molecule has 0 bridgehead atoms. The minimum Gasteiger partial charge on any atom is -0.476 e. The van der Waals surface area contributed by atoms with Gasteiger partial charge in [-0.2, -0.15) is 31.4 Å². The van der Waals surface area contributed by atoms with Crippen molar-refractivity contribution in [3.8, 4) is 11.7 Å². The van der Waals surface area contributed by atoms with Gasteiger partial charge in [-0.25, -0.2) is 19.6 Å². The van der Waals surface area contributed by atoms with Gasteiger partial charge in [0.25, 0.3) is 0 Å². The third kappa shape index (κ3) is 3.35. The van der Waals surface area contributed by atoms with Crippen molar-refractivity contribution in [2.45, 2.75) is 19.3 Å². The minimum absolute atomic E-state index is 0.0204. The second-order valence-corrected chi connectivity index (χ2v) is 4.67. The fourth-order valence-electron chi connectivity index (χ4n) is 1.40. The highest BCUT2D eigenvalue weighted by molar-refractivity contribution is 5.25. The summed E-state index contributed by atoms with van der Waals surface area (Å²) in [5.41, 5.74) is -4.03. The van der Waals surface area contributed by atoms with Gasteiger partial charge in [0.05, 0.1) is 0 Å². The maximum Gasteiger partial charge on any atom is 0.406 e. The Labute approximate surface area is 125 Å². The molecule has 0 saturated carbocycles. The van der Waals surface area contributed by atoms with E-state index in [1.54, 1.807) is 0 Å². The SMILES string of the molecule is CC(COc1cc(-n2cncn2)ncn1)(C(F)(F)F)C(F)(F)F. The second kappa shape index (κ2) is 5.66. The van der Waals surface area contributed by atoms with E-state index in [0.29, 0.717) is 0 Å². The molecule has 2 aromatic rings. The Morgan fingerprint density at radius 2 is 1.70 bits per heavy atom. The molecule has 0 N–H and O–H groups in total. The zero-order valence-electron chi connectivity index (χ0n) is 11.4. The predicted octanol–water partition coefficient (Wildman–Crippen LogP) is 2.57. The Balaban J connectivity index is 2.21. The largest absolute Gasteiger partial charge is 0.476 e. The number of ether oxygens (including phenoxy) is 1. The van der Waals surface area contributed by atoms with E-state index in [-0.39, 0.29) is 12.7 Å². The van der Waals surface area contributed by atoms with Gasteiger partial charge in [-0.1, -0.05) is 0 Å². The predicted molar refractivity (Wildman–Crippen MR) is 62.7 cm³/mol.